The first-order chi connectivity index (χ1) is 7.16. The molecule has 0 saturated carbocycles. The molecule has 1 heterocycles. The van der Waals surface area contributed by atoms with Crippen LogP contribution in [0.2, 0.25) is 0 Å². The van der Waals surface area contributed by atoms with Crippen molar-refractivity contribution in [2.24, 2.45) is 0 Å². The van der Waals surface area contributed by atoms with Crippen LogP contribution in [0.25, 0.3) is 0 Å². The molecule has 0 spiro atoms. The van der Waals surface area contributed by atoms with Crippen LogP contribution in [0.5, 0.6) is 5.75 Å². The van der Waals surface area contributed by atoms with Gasteiger partial charge in [-0.25, -0.2) is 0 Å². The second-order valence-corrected chi connectivity index (χ2v) is 3.53. The molecule has 1 aromatic rings. The average molecular weight is 227 g/mol. The molecule has 1 aromatic carbocycles. The molecule has 2 N–H and O–H groups in total. The molecule has 1 unspecified atom stereocenters. The summed E-state index contributed by atoms with van der Waals surface area (Å²) in [5.41, 5.74) is 0.766. The van der Waals surface area contributed by atoms with Crippen molar-refractivity contribution in [2.45, 2.75) is 0 Å². The highest BCUT2D eigenvalue weighted by Gasteiger charge is 2.18. The molecule has 80 valence electrons. The zero-order valence-corrected chi connectivity index (χ0v) is 8.30. The summed E-state index contributed by atoms with van der Waals surface area (Å²) in [5.74, 6) is 0.0733. The summed E-state index contributed by atoms with van der Waals surface area (Å²) < 4.78 is 28.2. The Kier molecular flexibility index (Phi) is 2.57. The SMILES string of the molecule is O=C1COc2c(cccc2NS(=O)[O-])N1. The quantitative estimate of drug-likeness (QED) is 0.707. The van der Waals surface area contributed by atoms with Gasteiger partial charge < -0.3 is 19.3 Å². The van der Waals surface area contributed by atoms with Crippen molar-refractivity contribution in [2.75, 3.05) is 16.6 Å². The Labute approximate surface area is 88.0 Å². The summed E-state index contributed by atoms with van der Waals surface area (Å²) in [5, 5.41) is 2.57. The van der Waals surface area contributed by atoms with Crippen molar-refractivity contribution in [3.8, 4) is 5.75 Å². The molecule has 0 saturated heterocycles. The molecule has 7 heteroatoms. The van der Waals surface area contributed by atoms with Crippen LogP contribution in [-0.2, 0) is 16.1 Å². The Hall–Kier alpha value is -1.60. The van der Waals surface area contributed by atoms with Gasteiger partial charge in [0.15, 0.2) is 12.4 Å². The third-order valence-corrected chi connectivity index (χ3v) is 2.22. The van der Waals surface area contributed by atoms with Crippen molar-refractivity contribution >= 4 is 28.5 Å². The van der Waals surface area contributed by atoms with Crippen LogP contribution in [0, 0.1) is 0 Å². The topological polar surface area (TPSA) is 90.5 Å². The van der Waals surface area contributed by atoms with Crippen molar-refractivity contribution in [3.05, 3.63) is 18.2 Å². The van der Waals surface area contributed by atoms with Gasteiger partial charge >= 0.3 is 0 Å². The first-order valence-corrected chi connectivity index (χ1v) is 5.16. The van der Waals surface area contributed by atoms with E-state index in [0.29, 0.717) is 17.1 Å². The molecule has 15 heavy (non-hydrogen) atoms. The minimum absolute atomic E-state index is 0.114. The van der Waals surface area contributed by atoms with Crippen LogP contribution in [0.15, 0.2) is 18.2 Å². The second kappa shape index (κ2) is 3.87. The highest BCUT2D eigenvalue weighted by molar-refractivity contribution is 7.80. The highest BCUT2D eigenvalue weighted by Crippen LogP contribution is 2.35. The number of fused-ring (bicyclic) bond motifs is 1. The minimum Gasteiger partial charge on any atom is -0.755 e. The summed E-state index contributed by atoms with van der Waals surface area (Å²) >= 11 is -2.42. The lowest BCUT2D eigenvalue weighted by molar-refractivity contribution is -0.118. The van der Waals surface area contributed by atoms with E-state index in [4.69, 9.17) is 4.74 Å². The summed E-state index contributed by atoms with van der Waals surface area (Å²) in [6.07, 6.45) is 0. The van der Waals surface area contributed by atoms with E-state index >= 15 is 0 Å². The smallest absolute Gasteiger partial charge is 0.262 e. The number of hydrogen-bond acceptors (Lipinski definition) is 4. The molecule has 0 aliphatic carbocycles. The maximum atomic E-state index is 11.0. The minimum atomic E-state index is -2.42. The van der Waals surface area contributed by atoms with Gasteiger partial charge in [0, 0.05) is 11.3 Å². The molecule has 0 radical (unpaired) electrons. The maximum absolute atomic E-state index is 11.0. The zero-order chi connectivity index (χ0) is 10.8. The monoisotopic (exact) mass is 227 g/mol. The van der Waals surface area contributed by atoms with Gasteiger partial charge in [-0.2, -0.15) is 0 Å². The van der Waals surface area contributed by atoms with Gasteiger partial charge in [-0.05, 0) is 12.1 Å². The van der Waals surface area contributed by atoms with Crippen LogP contribution < -0.4 is 14.8 Å². The number of carbonyl (C=O) groups is 1. The van der Waals surface area contributed by atoms with E-state index in [9.17, 15) is 13.6 Å². The second-order valence-electron chi connectivity index (χ2n) is 2.86. The van der Waals surface area contributed by atoms with Gasteiger partial charge in [0.05, 0.1) is 11.4 Å². The number of benzene rings is 1. The van der Waals surface area contributed by atoms with Crippen molar-refractivity contribution < 1.29 is 18.3 Å². The molecular formula is C8H7N2O4S-. The number of ether oxygens (including phenoxy) is 1. The fourth-order valence-corrected chi connectivity index (χ4v) is 1.63. The van der Waals surface area contributed by atoms with Crippen LogP contribution in [-0.4, -0.2) is 21.3 Å². The lowest BCUT2D eigenvalue weighted by Crippen LogP contribution is -2.26. The van der Waals surface area contributed by atoms with E-state index < -0.39 is 11.3 Å². The van der Waals surface area contributed by atoms with Crippen LogP contribution >= 0.6 is 0 Å². The van der Waals surface area contributed by atoms with E-state index in [1.54, 1.807) is 18.2 Å². The lowest BCUT2D eigenvalue weighted by atomic mass is 10.2. The van der Waals surface area contributed by atoms with Crippen LogP contribution in [0.4, 0.5) is 11.4 Å². The van der Waals surface area contributed by atoms with Gasteiger partial charge in [0.25, 0.3) is 5.91 Å². The van der Waals surface area contributed by atoms with Gasteiger partial charge in [-0.15, -0.1) is 0 Å². The van der Waals surface area contributed by atoms with Gasteiger partial charge in [-0.1, -0.05) is 6.07 Å². The van der Waals surface area contributed by atoms with E-state index in [-0.39, 0.29) is 12.5 Å². The van der Waals surface area contributed by atoms with Gasteiger partial charge in [0.2, 0.25) is 0 Å². The van der Waals surface area contributed by atoms with E-state index in [0.717, 1.165) is 0 Å². The van der Waals surface area contributed by atoms with E-state index in [1.807, 2.05) is 0 Å². The summed E-state index contributed by atoms with van der Waals surface area (Å²) in [6.45, 7) is -0.114. The summed E-state index contributed by atoms with van der Waals surface area (Å²) in [4.78, 5) is 11.0. The number of hydrogen-bond donors (Lipinski definition) is 2. The average Bonchev–Trinajstić information content (AvgIpc) is 2.16. The molecule has 1 amide bonds. The van der Waals surface area contributed by atoms with Gasteiger partial charge in [-0.3, -0.25) is 9.00 Å². The molecule has 2 rings (SSSR count). The predicted octanol–water partition coefficient (Wildman–Crippen LogP) is 0.223. The number of amides is 1. The Morgan fingerprint density at radius 2 is 2.33 bits per heavy atom. The Balaban J connectivity index is 2.37. The zero-order valence-electron chi connectivity index (χ0n) is 7.48. The Morgan fingerprint density at radius 3 is 3.07 bits per heavy atom. The molecule has 1 atom stereocenters. The first-order valence-electron chi connectivity index (χ1n) is 4.08. The number of para-hydroxylation sites is 1. The molecular weight excluding hydrogens is 220 g/mol. The molecule has 0 aromatic heterocycles. The fourth-order valence-electron chi connectivity index (χ4n) is 1.29. The molecule has 0 bridgehead atoms. The van der Waals surface area contributed by atoms with E-state index in [2.05, 4.69) is 10.0 Å². The van der Waals surface area contributed by atoms with Crippen LogP contribution in [0.1, 0.15) is 0 Å². The third-order valence-electron chi connectivity index (χ3n) is 1.83. The number of anilines is 2. The number of nitrogens with one attached hydrogen (secondary N) is 2. The fraction of sp³-hybridized carbons (Fsp3) is 0.125. The Bertz CT molecular complexity index is 435. The van der Waals surface area contributed by atoms with Crippen molar-refractivity contribution in [3.63, 3.8) is 0 Å². The lowest BCUT2D eigenvalue weighted by Gasteiger charge is -2.21. The van der Waals surface area contributed by atoms with Crippen molar-refractivity contribution in [1.82, 2.24) is 0 Å². The standard InChI is InChI=1S/C8H8N2O4S/c11-7-4-14-8-5(9-7)2-1-3-6(8)10-15(12)13/h1-3,10H,4H2,(H,9,11)(H,12,13)/p-1. The molecule has 6 nitrogen and oxygen atoms in total. The van der Waals surface area contributed by atoms with Gasteiger partial charge in [0.1, 0.15) is 0 Å². The summed E-state index contributed by atoms with van der Waals surface area (Å²) in [6, 6.07) is 4.79. The maximum Gasteiger partial charge on any atom is 0.262 e. The molecule has 1 aliphatic heterocycles. The van der Waals surface area contributed by atoms with E-state index in [1.165, 1.54) is 0 Å². The summed E-state index contributed by atoms with van der Waals surface area (Å²) in [7, 11) is 0. The first kappa shape index (κ1) is 9.94. The largest absolute Gasteiger partial charge is 0.755 e. The third kappa shape index (κ3) is 2.08. The van der Waals surface area contributed by atoms with Crippen LogP contribution in [0.3, 0.4) is 0 Å². The Morgan fingerprint density at radius 1 is 1.53 bits per heavy atom. The highest BCUT2D eigenvalue weighted by atomic mass is 32.2. The number of carbonyl (C=O) groups excluding carboxylic acids is 1. The molecule has 0 fully saturated rings. The normalized spacial score (nSPS) is 15.9. The number of rotatable bonds is 2. The van der Waals surface area contributed by atoms with Crippen molar-refractivity contribution in [1.29, 1.82) is 0 Å². The molecule has 1 aliphatic rings. The predicted molar refractivity (Wildman–Crippen MR) is 53.1 cm³/mol.